The average Bonchev–Trinajstić information content (AvgIpc) is 2.90. The fraction of sp³-hybridized carbons (Fsp3) is 0.200. The highest BCUT2D eigenvalue weighted by Crippen LogP contribution is 2.26. The second-order valence-corrected chi connectivity index (χ2v) is 6.47. The van der Waals surface area contributed by atoms with Crippen LogP contribution in [0.4, 0.5) is 0 Å². The van der Waals surface area contributed by atoms with Crippen molar-refractivity contribution < 1.29 is 19.1 Å². The van der Waals surface area contributed by atoms with E-state index in [0.717, 1.165) is 33.4 Å². The lowest BCUT2D eigenvalue weighted by molar-refractivity contribution is -0.135. The molecule has 0 bridgehead atoms. The minimum Gasteiger partial charge on any atom is -0.496 e. The van der Waals surface area contributed by atoms with E-state index in [0.29, 0.717) is 5.75 Å². The summed E-state index contributed by atoms with van der Waals surface area (Å²) in [5, 5.41) is 10.7. The molecular weight excluding hydrogens is 398 g/mol. The Morgan fingerprint density at radius 3 is 2.79 bits per heavy atom. The minimum absolute atomic E-state index is 0.200. The number of nitrogens with one attached hydrogen (secondary N) is 1. The molecule has 1 amide bonds. The van der Waals surface area contributed by atoms with E-state index in [1.165, 1.54) is 13.3 Å². The topological polar surface area (TPSA) is 89.3 Å². The van der Waals surface area contributed by atoms with Crippen molar-refractivity contribution in [3.63, 3.8) is 0 Å². The quantitative estimate of drug-likeness (QED) is 0.355. The summed E-state index contributed by atoms with van der Waals surface area (Å²) in [4.78, 5) is 23.1. The molecule has 1 N–H and O–H groups in total. The summed E-state index contributed by atoms with van der Waals surface area (Å²) in [5.74, 6) is -0.365. The van der Waals surface area contributed by atoms with Gasteiger partial charge in [0.05, 0.1) is 25.3 Å². The number of nitrogens with zero attached hydrogens (tertiary/aromatic N) is 2. The van der Waals surface area contributed by atoms with Gasteiger partial charge in [0, 0.05) is 16.1 Å². The molecule has 0 atom stereocenters. The van der Waals surface area contributed by atoms with Gasteiger partial charge in [-0.1, -0.05) is 15.9 Å². The summed E-state index contributed by atoms with van der Waals surface area (Å²) in [6.45, 7) is 1.95. The number of hydrogen-bond donors (Lipinski definition) is 1. The van der Waals surface area contributed by atoms with Crippen LogP contribution in [0.5, 0.6) is 5.75 Å². The van der Waals surface area contributed by atoms with Gasteiger partial charge in [0.15, 0.2) is 5.17 Å². The molecule has 7 nitrogen and oxygen atoms in total. The van der Waals surface area contributed by atoms with Crippen molar-refractivity contribution in [2.75, 3.05) is 14.2 Å². The predicted octanol–water partition coefficient (Wildman–Crippen LogP) is 2.38. The van der Waals surface area contributed by atoms with Crippen molar-refractivity contribution in [2.45, 2.75) is 6.92 Å². The molecule has 9 heteroatoms. The summed E-state index contributed by atoms with van der Waals surface area (Å²) in [6, 6.07) is 3.74. The van der Waals surface area contributed by atoms with Crippen LogP contribution in [0.1, 0.15) is 11.1 Å². The molecule has 126 valence electrons. The maximum absolute atomic E-state index is 11.7. The number of esters is 1. The number of carbonyl (C=O) groups excluding carboxylic acids is 2. The van der Waals surface area contributed by atoms with Crippen LogP contribution >= 0.6 is 27.7 Å². The molecule has 1 heterocycles. The maximum atomic E-state index is 11.7. The van der Waals surface area contributed by atoms with Crippen molar-refractivity contribution in [1.82, 2.24) is 5.32 Å². The van der Waals surface area contributed by atoms with E-state index in [9.17, 15) is 9.59 Å². The summed E-state index contributed by atoms with van der Waals surface area (Å²) < 4.78 is 10.7. The molecule has 1 aromatic rings. The normalized spacial score (nSPS) is 17.6. The van der Waals surface area contributed by atoms with Gasteiger partial charge in [-0.25, -0.2) is 4.79 Å². The van der Waals surface area contributed by atoms with Gasteiger partial charge in [0.1, 0.15) is 5.75 Å². The molecule has 0 saturated carbocycles. The van der Waals surface area contributed by atoms with Crippen LogP contribution in [0.15, 0.2) is 37.8 Å². The van der Waals surface area contributed by atoms with Gasteiger partial charge < -0.3 is 9.47 Å². The Bertz CT molecular complexity index is 774. The highest BCUT2D eigenvalue weighted by molar-refractivity contribution is 9.10. The average molecular weight is 412 g/mol. The number of amides is 1. The molecule has 1 aliphatic rings. The molecule has 1 fully saturated rings. The lowest BCUT2D eigenvalue weighted by Crippen LogP contribution is -2.19. The van der Waals surface area contributed by atoms with Crippen molar-refractivity contribution in [3.05, 3.63) is 38.7 Å². The molecule has 0 unspecified atom stereocenters. The molecule has 1 saturated heterocycles. The number of thioether (sulfide) groups is 1. The molecule has 0 aromatic heterocycles. The van der Waals surface area contributed by atoms with Crippen LogP contribution in [0.25, 0.3) is 0 Å². The zero-order valence-corrected chi connectivity index (χ0v) is 15.5. The predicted molar refractivity (Wildman–Crippen MR) is 96.3 cm³/mol. The molecule has 1 aromatic carbocycles. The Balaban J connectivity index is 2.16. The third-order valence-corrected chi connectivity index (χ3v) is 4.71. The van der Waals surface area contributed by atoms with E-state index in [2.05, 4.69) is 36.2 Å². The first-order valence-electron chi connectivity index (χ1n) is 6.68. The summed E-state index contributed by atoms with van der Waals surface area (Å²) in [6.07, 6.45) is 2.62. The Labute approximate surface area is 151 Å². The van der Waals surface area contributed by atoms with Crippen LogP contribution in [0.3, 0.4) is 0 Å². The van der Waals surface area contributed by atoms with Crippen molar-refractivity contribution in [2.24, 2.45) is 10.2 Å². The standard InChI is InChI=1S/C15H14BrN3O4S/c1-8-4-11(22-2)9(5-10(8)16)7-17-19-15-18-14(21)12(24-15)6-13(20)23-3/h4-7H,1-3H3,(H,18,19,21)/b12-6+,17-7?. The van der Waals surface area contributed by atoms with E-state index < -0.39 is 11.9 Å². The van der Waals surface area contributed by atoms with Gasteiger partial charge >= 0.3 is 5.97 Å². The zero-order valence-electron chi connectivity index (χ0n) is 13.1. The largest absolute Gasteiger partial charge is 0.496 e. The number of aryl methyl sites for hydroxylation is 1. The van der Waals surface area contributed by atoms with E-state index in [4.69, 9.17) is 4.74 Å². The van der Waals surface area contributed by atoms with Crippen LogP contribution in [-0.4, -0.2) is 37.5 Å². The van der Waals surface area contributed by atoms with Crippen LogP contribution in [0, 0.1) is 6.92 Å². The van der Waals surface area contributed by atoms with Crippen molar-refractivity contribution in [3.8, 4) is 5.75 Å². The van der Waals surface area contributed by atoms with E-state index in [1.54, 1.807) is 7.11 Å². The SMILES string of the molecule is COC(=O)/C=C1/S/C(=N\N=Cc2cc(Br)c(C)cc2OC)NC1=O. The number of methoxy groups -OCH3 is 2. The van der Waals surface area contributed by atoms with E-state index in [1.807, 2.05) is 19.1 Å². The second-order valence-electron chi connectivity index (χ2n) is 4.58. The number of amidine groups is 1. The summed E-state index contributed by atoms with van der Waals surface area (Å²) in [5.41, 5.74) is 1.77. The van der Waals surface area contributed by atoms with Crippen LogP contribution in [-0.2, 0) is 14.3 Å². The van der Waals surface area contributed by atoms with Crippen LogP contribution < -0.4 is 10.1 Å². The highest BCUT2D eigenvalue weighted by atomic mass is 79.9. The second kappa shape index (κ2) is 8.11. The molecule has 1 aliphatic heterocycles. The zero-order chi connectivity index (χ0) is 17.7. The molecule has 0 spiro atoms. The monoisotopic (exact) mass is 411 g/mol. The molecule has 2 rings (SSSR count). The molecule has 24 heavy (non-hydrogen) atoms. The molecular formula is C15H14BrN3O4S. The first-order chi connectivity index (χ1) is 11.4. The molecule has 0 aliphatic carbocycles. The fourth-order valence-corrected chi connectivity index (χ4v) is 2.83. The first-order valence-corrected chi connectivity index (χ1v) is 8.29. The fourth-order valence-electron chi connectivity index (χ4n) is 1.73. The lowest BCUT2D eigenvalue weighted by Gasteiger charge is -2.06. The number of halogens is 1. The number of rotatable bonds is 4. The Morgan fingerprint density at radius 1 is 1.38 bits per heavy atom. The van der Waals surface area contributed by atoms with Gasteiger partial charge in [-0.15, -0.1) is 5.10 Å². The third-order valence-electron chi connectivity index (χ3n) is 2.96. The number of carbonyl (C=O) groups is 2. The van der Waals surface area contributed by atoms with Crippen LogP contribution in [0.2, 0.25) is 0 Å². The van der Waals surface area contributed by atoms with Crippen molar-refractivity contribution in [1.29, 1.82) is 0 Å². The number of ether oxygens (including phenoxy) is 2. The summed E-state index contributed by atoms with van der Waals surface area (Å²) in [7, 11) is 2.81. The van der Waals surface area contributed by atoms with Gasteiger partial charge in [-0.05, 0) is 36.4 Å². The van der Waals surface area contributed by atoms with E-state index >= 15 is 0 Å². The smallest absolute Gasteiger partial charge is 0.331 e. The highest BCUT2D eigenvalue weighted by Gasteiger charge is 2.25. The number of hydrogen-bond acceptors (Lipinski definition) is 7. The van der Waals surface area contributed by atoms with Gasteiger partial charge in [0.25, 0.3) is 5.91 Å². The summed E-state index contributed by atoms with van der Waals surface area (Å²) >= 11 is 4.46. The molecule has 0 radical (unpaired) electrons. The third kappa shape index (κ3) is 4.45. The van der Waals surface area contributed by atoms with Gasteiger partial charge in [-0.3, -0.25) is 10.1 Å². The van der Waals surface area contributed by atoms with Gasteiger partial charge in [-0.2, -0.15) is 5.10 Å². The minimum atomic E-state index is -0.605. The Hall–Kier alpha value is -2.13. The van der Waals surface area contributed by atoms with Gasteiger partial charge in [0.2, 0.25) is 0 Å². The maximum Gasteiger partial charge on any atom is 0.331 e. The Kier molecular flexibility index (Phi) is 6.16. The Morgan fingerprint density at radius 2 is 2.12 bits per heavy atom. The lowest BCUT2D eigenvalue weighted by atomic mass is 10.1. The first kappa shape index (κ1) is 18.2. The van der Waals surface area contributed by atoms with Crippen molar-refractivity contribution >= 4 is 51.0 Å². The number of benzene rings is 1. The van der Waals surface area contributed by atoms with E-state index in [-0.39, 0.29) is 10.1 Å².